The summed E-state index contributed by atoms with van der Waals surface area (Å²) in [5.74, 6) is 0. The van der Waals surface area contributed by atoms with E-state index in [1.165, 1.54) is 12.2 Å². The summed E-state index contributed by atoms with van der Waals surface area (Å²) in [5, 5.41) is 0. The monoisotopic (exact) mass is 258 g/mol. The Morgan fingerprint density at radius 3 is 1.35 bits per heavy atom. The first-order valence-electron chi connectivity index (χ1n) is 5.62. The second kappa shape index (κ2) is 7.40. The van der Waals surface area contributed by atoms with Gasteiger partial charge in [0, 0.05) is 11.1 Å². The normalized spacial score (nSPS) is 9.60. The molecule has 2 aromatic rings. The third-order valence-corrected chi connectivity index (χ3v) is 2.77. The Morgan fingerprint density at radius 2 is 1.05 bits per heavy atom. The van der Waals surface area contributed by atoms with Crippen molar-refractivity contribution in [2.75, 3.05) is 0 Å². The molecule has 0 fully saturated rings. The fourth-order valence-corrected chi connectivity index (χ4v) is 1.92. The molecular formula is C15H11LiN2O2. The van der Waals surface area contributed by atoms with Crippen LogP contribution in [0.25, 0.3) is 0 Å². The molecule has 0 aliphatic rings. The van der Waals surface area contributed by atoms with E-state index in [9.17, 15) is 9.59 Å². The SMILES string of the molecule is O=C=NC(N=C=O)(c1ccccc1)c1ccccc1.[LiH]. The van der Waals surface area contributed by atoms with Crippen LogP contribution >= 0.6 is 0 Å². The zero-order valence-corrected chi connectivity index (χ0v) is 9.98. The van der Waals surface area contributed by atoms with Crippen LogP contribution in [0.15, 0.2) is 70.6 Å². The minimum atomic E-state index is -1.41. The molecule has 2 rings (SSSR count). The zero-order chi connectivity index (χ0) is 13.6. The maximum atomic E-state index is 10.8. The van der Waals surface area contributed by atoms with Crippen LogP contribution in [0.2, 0.25) is 0 Å². The number of hydrogen-bond donors (Lipinski definition) is 0. The van der Waals surface area contributed by atoms with Gasteiger partial charge in [-0.15, -0.1) is 0 Å². The summed E-state index contributed by atoms with van der Waals surface area (Å²) in [6, 6.07) is 17.8. The van der Waals surface area contributed by atoms with Gasteiger partial charge in [-0.3, -0.25) is 0 Å². The van der Waals surface area contributed by atoms with Crippen LogP contribution in [-0.4, -0.2) is 31.0 Å². The molecule has 0 saturated heterocycles. The molecule has 2 aromatic carbocycles. The maximum absolute atomic E-state index is 10.8. The van der Waals surface area contributed by atoms with Crippen LogP contribution in [-0.2, 0) is 15.3 Å². The fraction of sp³-hybridized carbons (Fsp3) is 0.0667. The summed E-state index contributed by atoms with van der Waals surface area (Å²) in [4.78, 5) is 29.0. The van der Waals surface area contributed by atoms with Crippen LogP contribution in [0.1, 0.15) is 11.1 Å². The van der Waals surface area contributed by atoms with Crippen molar-refractivity contribution in [3.8, 4) is 0 Å². The van der Waals surface area contributed by atoms with E-state index >= 15 is 0 Å². The Labute approximate surface area is 128 Å². The number of isocyanates is 2. The van der Waals surface area contributed by atoms with E-state index in [0.717, 1.165) is 0 Å². The van der Waals surface area contributed by atoms with Gasteiger partial charge in [-0.2, -0.15) is 9.98 Å². The van der Waals surface area contributed by atoms with E-state index in [4.69, 9.17) is 0 Å². The summed E-state index contributed by atoms with van der Waals surface area (Å²) >= 11 is 0. The van der Waals surface area contributed by atoms with E-state index in [1.54, 1.807) is 48.5 Å². The van der Waals surface area contributed by atoms with Crippen LogP contribution in [0, 0.1) is 0 Å². The summed E-state index contributed by atoms with van der Waals surface area (Å²) in [5.41, 5.74) is -0.202. The molecular weight excluding hydrogens is 247 g/mol. The van der Waals surface area contributed by atoms with E-state index in [1.807, 2.05) is 12.1 Å². The first-order chi connectivity index (χ1) is 9.33. The molecule has 94 valence electrons. The molecule has 4 nitrogen and oxygen atoms in total. The number of rotatable bonds is 4. The van der Waals surface area contributed by atoms with Gasteiger partial charge in [0.2, 0.25) is 17.8 Å². The van der Waals surface area contributed by atoms with Gasteiger partial charge in [-0.25, -0.2) is 9.59 Å². The van der Waals surface area contributed by atoms with Crippen molar-refractivity contribution >= 4 is 31.0 Å². The van der Waals surface area contributed by atoms with Crippen molar-refractivity contribution in [1.29, 1.82) is 0 Å². The molecule has 0 heterocycles. The average Bonchev–Trinajstić information content (AvgIpc) is 2.49. The molecule has 0 aromatic heterocycles. The molecule has 0 saturated carbocycles. The predicted octanol–water partition coefficient (Wildman–Crippen LogP) is 1.91. The first kappa shape index (κ1) is 15.9. The summed E-state index contributed by atoms with van der Waals surface area (Å²) in [7, 11) is 0. The van der Waals surface area contributed by atoms with Crippen molar-refractivity contribution < 1.29 is 9.59 Å². The van der Waals surface area contributed by atoms with Gasteiger partial charge in [0.15, 0.2) is 0 Å². The van der Waals surface area contributed by atoms with Crippen molar-refractivity contribution in [3.63, 3.8) is 0 Å². The number of benzene rings is 2. The Hall–Kier alpha value is -2.20. The number of aliphatic imine (C=N–C) groups is 2. The van der Waals surface area contributed by atoms with Crippen molar-refractivity contribution in [2.24, 2.45) is 9.98 Å². The summed E-state index contributed by atoms with van der Waals surface area (Å²) < 4.78 is 0. The third-order valence-electron chi connectivity index (χ3n) is 2.77. The standard InChI is InChI=1S/C15H10N2O2.Li.H/c18-11-16-15(17-12-19,13-7-3-1-4-8-13)14-9-5-2-6-10-14;;/h1-10H;;. The molecule has 0 radical (unpaired) electrons. The average molecular weight is 258 g/mol. The van der Waals surface area contributed by atoms with Gasteiger partial charge >= 0.3 is 18.9 Å². The van der Waals surface area contributed by atoms with E-state index < -0.39 is 5.66 Å². The van der Waals surface area contributed by atoms with Crippen molar-refractivity contribution in [1.82, 2.24) is 0 Å². The number of hydrogen-bond acceptors (Lipinski definition) is 4. The van der Waals surface area contributed by atoms with Gasteiger partial charge in [-0.05, 0) is 0 Å². The third kappa shape index (κ3) is 3.03. The summed E-state index contributed by atoms with van der Waals surface area (Å²) in [6.07, 6.45) is 2.99. The van der Waals surface area contributed by atoms with Gasteiger partial charge in [0.25, 0.3) is 0 Å². The van der Waals surface area contributed by atoms with Crippen LogP contribution in [0.5, 0.6) is 0 Å². The summed E-state index contributed by atoms with van der Waals surface area (Å²) in [6.45, 7) is 0. The predicted molar refractivity (Wildman–Crippen MR) is 77.1 cm³/mol. The topological polar surface area (TPSA) is 58.9 Å². The second-order valence-electron chi connectivity index (χ2n) is 3.81. The molecule has 20 heavy (non-hydrogen) atoms. The molecule has 0 bridgehead atoms. The minimum absolute atomic E-state index is 0. The molecule has 0 amide bonds. The second-order valence-corrected chi connectivity index (χ2v) is 3.81. The first-order valence-corrected chi connectivity index (χ1v) is 5.62. The van der Waals surface area contributed by atoms with E-state index in [2.05, 4.69) is 9.98 Å². The van der Waals surface area contributed by atoms with Crippen molar-refractivity contribution in [3.05, 3.63) is 71.8 Å². The van der Waals surface area contributed by atoms with Gasteiger partial charge in [0.05, 0.1) is 0 Å². The van der Waals surface area contributed by atoms with E-state index in [-0.39, 0.29) is 18.9 Å². The number of carbonyl (C=O) groups excluding carboxylic acids is 2. The van der Waals surface area contributed by atoms with Crippen LogP contribution in [0.4, 0.5) is 0 Å². The van der Waals surface area contributed by atoms with Gasteiger partial charge in [0.1, 0.15) is 0 Å². The molecule has 0 spiro atoms. The fourth-order valence-electron chi connectivity index (χ4n) is 1.92. The van der Waals surface area contributed by atoms with Gasteiger partial charge < -0.3 is 0 Å². The Kier molecular flexibility index (Phi) is 5.87. The van der Waals surface area contributed by atoms with Gasteiger partial charge in [-0.1, -0.05) is 60.7 Å². The molecule has 0 aliphatic heterocycles. The Morgan fingerprint density at radius 1 is 0.700 bits per heavy atom. The molecule has 0 N–H and O–H groups in total. The molecule has 0 aliphatic carbocycles. The van der Waals surface area contributed by atoms with Crippen LogP contribution in [0.3, 0.4) is 0 Å². The van der Waals surface area contributed by atoms with E-state index in [0.29, 0.717) is 11.1 Å². The molecule has 5 heteroatoms. The van der Waals surface area contributed by atoms with Crippen LogP contribution < -0.4 is 0 Å². The zero-order valence-electron chi connectivity index (χ0n) is 9.98. The Balaban J connectivity index is 0.00000200. The quantitative estimate of drug-likeness (QED) is 0.478. The number of nitrogens with zero attached hydrogens (tertiary/aromatic N) is 2. The van der Waals surface area contributed by atoms with Crippen molar-refractivity contribution in [2.45, 2.75) is 5.66 Å². The molecule has 0 atom stereocenters. The Bertz CT molecular complexity index is 587. The molecule has 0 unspecified atom stereocenters.